The minimum atomic E-state index is -0.980. The highest BCUT2D eigenvalue weighted by atomic mass is 16.4. The standard InChI is InChI=1S/C10H11NO2/c11-9(6-7-10(12)13)8-4-2-1-3-5-8/h1-7,9H,11H2,(H,12,13)/b7-6+. The number of carboxylic acid groups (broad SMARTS) is 1. The van der Waals surface area contributed by atoms with Crippen LogP contribution in [0, 0.1) is 0 Å². The smallest absolute Gasteiger partial charge is 0.328 e. The van der Waals surface area contributed by atoms with Crippen LogP contribution >= 0.6 is 0 Å². The summed E-state index contributed by atoms with van der Waals surface area (Å²) in [5.74, 6) is -0.980. The van der Waals surface area contributed by atoms with Gasteiger partial charge < -0.3 is 10.8 Å². The topological polar surface area (TPSA) is 63.3 Å². The summed E-state index contributed by atoms with van der Waals surface area (Å²) in [4.78, 5) is 10.2. The third kappa shape index (κ3) is 3.09. The maximum atomic E-state index is 10.2. The van der Waals surface area contributed by atoms with Gasteiger partial charge in [-0.05, 0) is 5.56 Å². The number of hydrogen-bond donors (Lipinski definition) is 2. The maximum absolute atomic E-state index is 10.2. The Labute approximate surface area is 76.5 Å². The minimum absolute atomic E-state index is 0.350. The SMILES string of the molecule is NC(/C=C/C(=O)O)c1ccccc1. The number of nitrogens with two attached hydrogens (primary N) is 1. The van der Waals surface area contributed by atoms with Gasteiger partial charge >= 0.3 is 5.97 Å². The van der Waals surface area contributed by atoms with E-state index < -0.39 is 5.97 Å². The molecule has 1 atom stereocenters. The van der Waals surface area contributed by atoms with E-state index in [2.05, 4.69) is 0 Å². The van der Waals surface area contributed by atoms with Crippen LogP contribution in [0.1, 0.15) is 11.6 Å². The highest BCUT2D eigenvalue weighted by Crippen LogP contribution is 2.09. The van der Waals surface area contributed by atoms with Crippen molar-refractivity contribution < 1.29 is 9.90 Å². The van der Waals surface area contributed by atoms with Gasteiger partial charge in [0.15, 0.2) is 0 Å². The Balaban J connectivity index is 2.69. The van der Waals surface area contributed by atoms with Gasteiger partial charge in [0.2, 0.25) is 0 Å². The molecular weight excluding hydrogens is 166 g/mol. The van der Waals surface area contributed by atoms with Gasteiger partial charge in [-0.2, -0.15) is 0 Å². The van der Waals surface area contributed by atoms with Gasteiger partial charge in [-0.1, -0.05) is 36.4 Å². The molecule has 0 aliphatic heterocycles. The fourth-order valence-electron chi connectivity index (χ4n) is 0.972. The predicted molar refractivity (Wildman–Crippen MR) is 50.1 cm³/mol. The van der Waals surface area contributed by atoms with Crippen LogP contribution in [-0.2, 0) is 4.79 Å². The monoisotopic (exact) mass is 177 g/mol. The van der Waals surface area contributed by atoms with Crippen molar-refractivity contribution in [2.75, 3.05) is 0 Å². The summed E-state index contributed by atoms with van der Waals surface area (Å²) < 4.78 is 0. The fourth-order valence-corrected chi connectivity index (χ4v) is 0.972. The Hall–Kier alpha value is -1.61. The van der Waals surface area contributed by atoms with Crippen molar-refractivity contribution in [1.29, 1.82) is 0 Å². The number of carboxylic acids is 1. The minimum Gasteiger partial charge on any atom is -0.478 e. The molecule has 3 N–H and O–H groups in total. The molecule has 0 bridgehead atoms. The molecule has 0 fully saturated rings. The molecule has 0 spiro atoms. The Bertz CT molecular complexity index is 306. The first-order valence-electron chi connectivity index (χ1n) is 3.92. The zero-order chi connectivity index (χ0) is 9.68. The zero-order valence-electron chi connectivity index (χ0n) is 7.05. The molecule has 13 heavy (non-hydrogen) atoms. The van der Waals surface area contributed by atoms with Crippen LogP contribution < -0.4 is 5.73 Å². The Kier molecular flexibility index (Phi) is 3.23. The lowest BCUT2D eigenvalue weighted by Gasteiger charge is -2.04. The van der Waals surface area contributed by atoms with E-state index in [1.165, 1.54) is 6.08 Å². The molecule has 1 rings (SSSR count). The summed E-state index contributed by atoms with van der Waals surface area (Å²) in [6.07, 6.45) is 2.51. The predicted octanol–water partition coefficient (Wildman–Crippen LogP) is 1.33. The van der Waals surface area contributed by atoms with Gasteiger partial charge in [-0.15, -0.1) is 0 Å². The number of aliphatic carboxylic acids is 1. The van der Waals surface area contributed by atoms with Crippen LogP contribution in [-0.4, -0.2) is 11.1 Å². The average Bonchev–Trinajstić information content (AvgIpc) is 2.15. The first-order chi connectivity index (χ1) is 6.20. The molecule has 0 aliphatic rings. The summed E-state index contributed by atoms with van der Waals surface area (Å²) in [5, 5.41) is 8.37. The van der Waals surface area contributed by atoms with E-state index in [4.69, 9.17) is 10.8 Å². The summed E-state index contributed by atoms with van der Waals surface area (Å²) in [5.41, 5.74) is 6.60. The molecule has 0 saturated carbocycles. The van der Waals surface area contributed by atoms with Crippen molar-refractivity contribution in [1.82, 2.24) is 0 Å². The lowest BCUT2D eigenvalue weighted by Crippen LogP contribution is -2.07. The van der Waals surface area contributed by atoms with Crippen molar-refractivity contribution in [3.63, 3.8) is 0 Å². The lowest BCUT2D eigenvalue weighted by atomic mass is 10.1. The molecule has 1 aromatic rings. The van der Waals surface area contributed by atoms with E-state index in [9.17, 15) is 4.79 Å². The van der Waals surface area contributed by atoms with Crippen molar-refractivity contribution in [2.45, 2.75) is 6.04 Å². The van der Waals surface area contributed by atoms with Crippen LogP contribution in [0.15, 0.2) is 42.5 Å². The van der Waals surface area contributed by atoms with E-state index in [1.54, 1.807) is 0 Å². The molecular formula is C10H11NO2. The molecule has 3 heteroatoms. The Morgan fingerprint density at radius 3 is 2.54 bits per heavy atom. The molecule has 0 heterocycles. The Morgan fingerprint density at radius 1 is 1.38 bits per heavy atom. The van der Waals surface area contributed by atoms with Crippen molar-refractivity contribution >= 4 is 5.97 Å². The Morgan fingerprint density at radius 2 is 2.00 bits per heavy atom. The second-order valence-electron chi connectivity index (χ2n) is 2.63. The highest BCUT2D eigenvalue weighted by Gasteiger charge is 1.99. The first kappa shape index (κ1) is 9.48. The maximum Gasteiger partial charge on any atom is 0.328 e. The van der Waals surface area contributed by atoms with Gasteiger partial charge in [0.25, 0.3) is 0 Å². The van der Waals surface area contributed by atoms with Crippen molar-refractivity contribution in [2.24, 2.45) is 5.73 Å². The molecule has 0 aliphatic carbocycles. The molecule has 0 amide bonds. The number of carbonyl (C=O) groups is 1. The van der Waals surface area contributed by atoms with E-state index >= 15 is 0 Å². The van der Waals surface area contributed by atoms with Crippen LogP contribution in [0.2, 0.25) is 0 Å². The van der Waals surface area contributed by atoms with E-state index in [1.807, 2.05) is 30.3 Å². The van der Waals surface area contributed by atoms with Gasteiger partial charge in [-0.25, -0.2) is 4.79 Å². The highest BCUT2D eigenvalue weighted by molar-refractivity contribution is 5.79. The number of hydrogen-bond acceptors (Lipinski definition) is 2. The second-order valence-corrected chi connectivity index (χ2v) is 2.63. The summed E-state index contributed by atoms with van der Waals surface area (Å²) in [6, 6.07) is 8.98. The third-order valence-corrected chi connectivity index (χ3v) is 1.63. The largest absolute Gasteiger partial charge is 0.478 e. The zero-order valence-corrected chi connectivity index (χ0v) is 7.05. The van der Waals surface area contributed by atoms with Crippen molar-refractivity contribution in [3.05, 3.63) is 48.0 Å². The molecule has 68 valence electrons. The normalized spacial score (nSPS) is 13.0. The fraction of sp³-hybridized carbons (Fsp3) is 0.100. The van der Waals surface area contributed by atoms with Crippen molar-refractivity contribution in [3.8, 4) is 0 Å². The second kappa shape index (κ2) is 4.42. The van der Waals surface area contributed by atoms with Crippen LogP contribution in [0.25, 0.3) is 0 Å². The quantitative estimate of drug-likeness (QED) is 0.684. The van der Waals surface area contributed by atoms with Gasteiger partial charge in [0, 0.05) is 12.1 Å². The van der Waals surface area contributed by atoms with Gasteiger partial charge in [-0.3, -0.25) is 0 Å². The first-order valence-corrected chi connectivity index (χ1v) is 3.92. The third-order valence-electron chi connectivity index (χ3n) is 1.63. The van der Waals surface area contributed by atoms with E-state index in [0.29, 0.717) is 0 Å². The van der Waals surface area contributed by atoms with Gasteiger partial charge in [0.1, 0.15) is 0 Å². The van der Waals surface area contributed by atoms with E-state index in [0.717, 1.165) is 11.6 Å². The molecule has 0 saturated heterocycles. The van der Waals surface area contributed by atoms with Crippen LogP contribution in [0.3, 0.4) is 0 Å². The number of rotatable bonds is 3. The average molecular weight is 177 g/mol. The van der Waals surface area contributed by atoms with E-state index in [-0.39, 0.29) is 6.04 Å². The molecule has 0 aromatic heterocycles. The summed E-state index contributed by atoms with van der Waals surface area (Å²) in [7, 11) is 0. The molecule has 1 unspecified atom stereocenters. The van der Waals surface area contributed by atoms with Crippen LogP contribution in [0.5, 0.6) is 0 Å². The van der Waals surface area contributed by atoms with Crippen LogP contribution in [0.4, 0.5) is 0 Å². The summed E-state index contributed by atoms with van der Waals surface area (Å²) >= 11 is 0. The van der Waals surface area contributed by atoms with Gasteiger partial charge in [0.05, 0.1) is 0 Å². The molecule has 0 radical (unpaired) electrons. The molecule has 3 nitrogen and oxygen atoms in total. The molecule has 1 aromatic carbocycles. The number of benzene rings is 1. The lowest BCUT2D eigenvalue weighted by molar-refractivity contribution is -0.131. The summed E-state index contributed by atoms with van der Waals surface area (Å²) in [6.45, 7) is 0.